The first kappa shape index (κ1) is 29.0. The average molecular weight is 559 g/mol. The molecule has 1 saturated carbocycles. The van der Waals surface area contributed by atoms with E-state index in [0.29, 0.717) is 37.6 Å². The highest BCUT2D eigenvalue weighted by Gasteiger charge is 2.52. The van der Waals surface area contributed by atoms with Gasteiger partial charge < -0.3 is 26.2 Å². The average Bonchev–Trinajstić information content (AvgIpc) is 2.86. The van der Waals surface area contributed by atoms with Crippen molar-refractivity contribution in [2.45, 2.75) is 44.7 Å². The van der Waals surface area contributed by atoms with E-state index in [1.165, 1.54) is 16.6 Å². The van der Waals surface area contributed by atoms with Crippen LogP contribution in [0.4, 0.5) is 10.6 Å². The fraction of sp³-hybridized carbons (Fsp3) is 0.556. The molecule has 12 heteroatoms. The lowest BCUT2D eigenvalue weighted by atomic mass is 9.60. The highest BCUT2D eigenvalue weighted by atomic mass is 35.5. The second-order valence-corrected chi connectivity index (χ2v) is 11.5. The van der Waals surface area contributed by atoms with Crippen molar-refractivity contribution in [1.82, 2.24) is 24.3 Å². The number of amides is 3. The largest absolute Gasteiger partial charge is 0.354 e. The lowest BCUT2D eigenvalue weighted by Crippen LogP contribution is -2.69. The Hall–Kier alpha value is -2.99. The maximum atomic E-state index is 12.7. The van der Waals surface area contributed by atoms with Gasteiger partial charge in [-0.05, 0) is 56.9 Å². The summed E-state index contributed by atoms with van der Waals surface area (Å²) in [5.41, 5.74) is 13.0. The van der Waals surface area contributed by atoms with Crippen molar-refractivity contribution in [3.05, 3.63) is 52.6 Å². The van der Waals surface area contributed by atoms with Crippen LogP contribution in [0.1, 0.15) is 32.3 Å². The molecule has 3 heterocycles. The summed E-state index contributed by atoms with van der Waals surface area (Å²) in [6, 6.07) is 9.54. The number of carbonyl (C=O) groups excluding carboxylic acids is 2. The molecule has 212 valence electrons. The van der Waals surface area contributed by atoms with E-state index in [9.17, 15) is 14.4 Å². The normalized spacial score (nSPS) is 20.6. The first-order chi connectivity index (χ1) is 18.0. The maximum Gasteiger partial charge on any atom is 0.354 e. The molecule has 3 amide bonds. The van der Waals surface area contributed by atoms with Crippen LogP contribution in [0.5, 0.6) is 0 Å². The van der Waals surface area contributed by atoms with Crippen LogP contribution >= 0.6 is 12.4 Å². The molecule has 3 fully saturated rings. The standard InChI is InChI=1S/C27H38N8O3.ClH/c1-26(2,29)23(36)33-13-15-34(16-14-33)24(37)30-22-9-12-35(25(38)31-22)20-5-3-19(4-6-20)8-11-32-17-27(18-32)10-7-21(27)28;/h3-6,9,12,21H,7-8,10-11,13-18,28-29H2,1-2H3,(H,30,31,37,38);1H. The zero-order valence-corrected chi connectivity index (χ0v) is 23.5. The minimum atomic E-state index is -0.944. The molecular formula is C27H39ClN8O3. The molecule has 1 atom stereocenters. The molecule has 2 aliphatic heterocycles. The molecule has 2 saturated heterocycles. The number of nitrogens with two attached hydrogens (primary N) is 2. The van der Waals surface area contributed by atoms with Crippen molar-refractivity contribution in [3.8, 4) is 5.69 Å². The Kier molecular flexibility index (Phi) is 8.36. The zero-order chi connectivity index (χ0) is 27.1. The van der Waals surface area contributed by atoms with E-state index in [2.05, 4.69) is 15.2 Å². The summed E-state index contributed by atoms with van der Waals surface area (Å²) in [5, 5.41) is 2.69. The Morgan fingerprint density at radius 3 is 2.26 bits per heavy atom. The van der Waals surface area contributed by atoms with Gasteiger partial charge in [-0.3, -0.25) is 14.7 Å². The summed E-state index contributed by atoms with van der Waals surface area (Å²) in [7, 11) is 0. The van der Waals surface area contributed by atoms with Crippen LogP contribution in [0, 0.1) is 5.41 Å². The molecule has 5 rings (SSSR count). The van der Waals surface area contributed by atoms with E-state index >= 15 is 0 Å². The Balaban J connectivity index is 0.00000353. The van der Waals surface area contributed by atoms with Crippen molar-refractivity contribution in [3.63, 3.8) is 0 Å². The highest BCUT2D eigenvalue weighted by Crippen LogP contribution is 2.47. The van der Waals surface area contributed by atoms with Crippen molar-refractivity contribution in [2.75, 3.05) is 51.1 Å². The number of urea groups is 1. The van der Waals surface area contributed by atoms with Crippen LogP contribution in [0.3, 0.4) is 0 Å². The van der Waals surface area contributed by atoms with Gasteiger partial charge in [0.25, 0.3) is 0 Å². The summed E-state index contributed by atoms with van der Waals surface area (Å²) in [4.78, 5) is 47.5. The first-order valence-electron chi connectivity index (χ1n) is 13.4. The third-order valence-corrected chi connectivity index (χ3v) is 8.19. The second kappa shape index (κ2) is 11.2. The van der Waals surface area contributed by atoms with Crippen molar-refractivity contribution in [2.24, 2.45) is 16.9 Å². The zero-order valence-electron chi connectivity index (χ0n) is 22.6. The number of hydrogen-bond acceptors (Lipinski definition) is 7. The van der Waals surface area contributed by atoms with Crippen molar-refractivity contribution >= 4 is 30.2 Å². The SMILES string of the molecule is CC(C)(N)C(=O)N1CCN(C(=O)Nc2ccn(-c3ccc(CCN4CC5(CCC5N)C4)cc3)c(=O)n2)CC1.Cl. The van der Waals surface area contributed by atoms with Crippen molar-refractivity contribution in [1.29, 1.82) is 0 Å². The Morgan fingerprint density at radius 2 is 1.72 bits per heavy atom. The molecule has 1 aromatic carbocycles. The Morgan fingerprint density at radius 1 is 1.08 bits per heavy atom. The topological polar surface area (TPSA) is 143 Å². The Bertz CT molecular complexity index is 1240. The predicted molar refractivity (Wildman–Crippen MR) is 152 cm³/mol. The van der Waals surface area contributed by atoms with Gasteiger partial charge in [0, 0.05) is 63.5 Å². The molecule has 1 aromatic heterocycles. The summed E-state index contributed by atoms with van der Waals surface area (Å²) >= 11 is 0. The van der Waals surface area contributed by atoms with Gasteiger partial charge in [0.15, 0.2) is 0 Å². The number of nitrogens with zero attached hydrogens (tertiary/aromatic N) is 5. The van der Waals surface area contributed by atoms with Crippen molar-refractivity contribution < 1.29 is 9.59 Å². The molecule has 0 radical (unpaired) electrons. The van der Waals surface area contributed by atoms with Crippen LogP contribution in [0.25, 0.3) is 5.69 Å². The number of halogens is 1. The van der Waals surface area contributed by atoms with Gasteiger partial charge in [-0.25, -0.2) is 9.59 Å². The van der Waals surface area contributed by atoms with Crippen LogP contribution in [-0.4, -0.2) is 93.6 Å². The number of rotatable bonds is 6. The molecular weight excluding hydrogens is 520 g/mol. The molecule has 1 spiro atoms. The number of likely N-dealkylation sites (tertiary alicyclic amines) is 1. The first-order valence-corrected chi connectivity index (χ1v) is 13.4. The van der Waals surface area contributed by atoms with E-state index in [-0.39, 0.29) is 30.2 Å². The van der Waals surface area contributed by atoms with E-state index < -0.39 is 11.2 Å². The number of benzene rings is 1. The van der Waals surface area contributed by atoms with Gasteiger partial charge in [0.2, 0.25) is 5.91 Å². The third kappa shape index (κ3) is 6.11. The quantitative estimate of drug-likeness (QED) is 0.480. The lowest BCUT2D eigenvalue weighted by molar-refractivity contribution is -0.137. The van der Waals surface area contributed by atoms with Gasteiger partial charge in [0.1, 0.15) is 5.82 Å². The smallest absolute Gasteiger partial charge is 0.338 e. The maximum absolute atomic E-state index is 12.7. The minimum Gasteiger partial charge on any atom is -0.338 e. The van der Waals surface area contributed by atoms with E-state index in [0.717, 1.165) is 38.2 Å². The number of piperazine rings is 1. The number of carbonyl (C=O) groups is 2. The van der Waals surface area contributed by atoms with E-state index in [4.69, 9.17) is 11.5 Å². The number of anilines is 1. The van der Waals surface area contributed by atoms with Crippen LogP contribution in [0.2, 0.25) is 0 Å². The van der Waals surface area contributed by atoms with Crippen LogP contribution < -0.4 is 22.5 Å². The molecule has 1 unspecified atom stereocenters. The molecule has 1 aliphatic carbocycles. The summed E-state index contributed by atoms with van der Waals surface area (Å²) in [6.45, 7) is 8.15. The minimum absolute atomic E-state index is 0. The second-order valence-electron chi connectivity index (χ2n) is 11.5. The summed E-state index contributed by atoms with van der Waals surface area (Å²) < 4.78 is 1.45. The third-order valence-electron chi connectivity index (χ3n) is 8.19. The Labute approximate surface area is 234 Å². The fourth-order valence-corrected chi connectivity index (χ4v) is 5.60. The molecule has 0 bridgehead atoms. The van der Waals surface area contributed by atoms with Gasteiger partial charge in [-0.1, -0.05) is 12.1 Å². The highest BCUT2D eigenvalue weighted by molar-refractivity contribution is 5.89. The van der Waals surface area contributed by atoms with Gasteiger partial charge in [0.05, 0.1) is 11.2 Å². The fourth-order valence-electron chi connectivity index (χ4n) is 5.60. The molecule has 39 heavy (non-hydrogen) atoms. The predicted octanol–water partition coefficient (Wildman–Crippen LogP) is 1.03. The summed E-state index contributed by atoms with van der Waals surface area (Å²) in [6.07, 6.45) is 4.99. The van der Waals surface area contributed by atoms with Crippen LogP contribution in [0.15, 0.2) is 41.3 Å². The van der Waals surface area contributed by atoms with Gasteiger partial charge in [-0.15, -0.1) is 12.4 Å². The number of hydrogen-bond donors (Lipinski definition) is 3. The van der Waals surface area contributed by atoms with Crippen LogP contribution in [-0.2, 0) is 11.2 Å². The molecule has 3 aliphatic rings. The summed E-state index contributed by atoms with van der Waals surface area (Å²) in [5.74, 6) is 0.0482. The van der Waals surface area contributed by atoms with Gasteiger partial charge in [-0.2, -0.15) is 4.98 Å². The van der Waals surface area contributed by atoms with E-state index in [1.54, 1.807) is 35.9 Å². The molecule has 2 aromatic rings. The number of aromatic nitrogens is 2. The lowest BCUT2D eigenvalue weighted by Gasteiger charge is -2.59. The van der Waals surface area contributed by atoms with Gasteiger partial charge >= 0.3 is 11.7 Å². The monoisotopic (exact) mass is 558 g/mol. The molecule has 5 N–H and O–H groups in total. The number of nitrogens with one attached hydrogen (secondary N) is 1. The van der Waals surface area contributed by atoms with E-state index in [1.807, 2.05) is 24.3 Å². The molecule has 11 nitrogen and oxygen atoms in total.